The summed E-state index contributed by atoms with van der Waals surface area (Å²) in [6.45, 7) is 3.79. The number of nitrogen functional groups attached to an aromatic ring is 2. The molecule has 0 unspecified atom stereocenters. The van der Waals surface area contributed by atoms with Crippen LogP contribution in [0.2, 0.25) is 0 Å². The molecule has 0 aliphatic carbocycles. The first-order valence-corrected chi connectivity index (χ1v) is 7.76. The minimum absolute atomic E-state index is 0.162. The number of pyridine rings is 1. The van der Waals surface area contributed by atoms with Gasteiger partial charge in [-0.3, -0.25) is 4.98 Å². The Labute approximate surface area is 143 Å². The van der Waals surface area contributed by atoms with Crippen molar-refractivity contribution >= 4 is 22.5 Å². The van der Waals surface area contributed by atoms with Crippen molar-refractivity contribution in [3.05, 3.63) is 47.8 Å². The first-order valence-electron chi connectivity index (χ1n) is 7.76. The molecule has 0 fully saturated rings. The Morgan fingerprint density at radius 1 is 0.960 bits per heavy atom. The molecule has 0 amide bonds. The van der Waals surface area contributed by atoms with E-state index in [0.29, 0.717) is 17.1 Å². The smallest absolute Gasteiger partial charge is 0.190 e. The minimum Gasteiger partial charge on any atom is -0.381 e. The second kappa shape index (κ2) is 5.55. The van der Waals surface area contributed by atoms with Crippen LogP contribution in [0.25, 0.3) is 33.6 Å². The first-order chi connectivity index (χ1) is 12.0. The van der Waals surface area contributed by atoms with Crippen LogP contribution < -0.4 is 11.5 Å². The molecule has 0 spiro atoms. The molecule has 3 heterocycles. The van der Waals surface area contributed by atoms with Gasteiger partial charge in [-0.2, -0.15) is 0 Å². The van der Waals surface area contributed by atoms with Crippen molar-refractivity contribution in [1.29, 1.82) is 0 Å². The van der Waals surface area contributed by atoms with E-state index < -0.39 is 0 Å². The van der Waals surface area contributed by atoms with E-state index in [9.17, 15) is 0 Å². The molecule has 0 saturated carbocycles. The summed E-state index contributed by atoms with van der Waals surface area (Å²) in [5.41, 5.74) is 16.3. The van der Waals surface area contributed by atoms with E-state index in [4.69, 9.17) is 16.0 Å². The number of aromatic nitrogens is 4. The third-order valence-corrected chi connectivity index (χ3v) is 4.20. The fourth-order valence-corrected chi connectivity index (χ4v) is 2.68. The zero-order valence-electron chi connectivity index (χ0n) is 13.8. The zero-order chi connectivity index (χ0) is 17.6. The van der Waals surface area contributed by atoms with Gasteiger partial charge >= 0.3 is 0 Å². The van der Waals surface area contributed by atoms with Crippen LogP contribution in [0.4, 0.5) is 11.6 Å². The molecule has 1 aromatic carbocycles. The molecule has 25 heavy (non-hydrogen) atoms. The number of rotatable bonds is 2. The molecule has 7 heteroatoms. The SMILES string of the molecule is Cc1noc(-c2nc(N)c(N)nc2-c2ccc3ncccc3c2)c1C. The van der Waals surface area contributed by atoms with Crippen molar-refractivity contribution in [2.24, 2.45) is 0 Å². The topological polar surface area (TPSA) is 117 Å². The number of anilines is 2. The van der Waals surface area contributed by atoms with Gasteiger partial charge in [0.2, 0.25) is 0 Å². The van der Waals surface area contributed by atoms with E-state index >= 15 is 0 Å². The van der Waals surface area contributed by atoms with Crippen LogP contribution in [0.1, 0.15) is 11.3 Å². The van der Waals surface area contributed by atoms with Gasteiger partial charge in [-0.15, -0.1) is 0 Å². The summed E-state index contributed by atoms with van der Waals surface area (Å²) in [7, 11) is 0. The molecule has 124 valence electrons. The Morgan fingerprint density at radius 2 is 1.72 bits per heavy atom. The third-order valence-electron chi connectivity index (χ3n) is 4.20. The lowest BCUT2D eigenvalue weighted by molar-refractivity contribution is 0.425. The molecule has 0 bridgehead atoms. The summed E-state index contributed by atoms with van der Waals surface area (Å²) in [4.78, 5) is 13.2. The molecule has 7 nitrogen and oxygen atoms in total. The summed E-state index contributed by atoms with van der Waals surface area (Å²) in [5, 5.41) is 5.00. The van der Waals surface area contributed by atoms with Gasteiger partial charge < -0.3 is 16.0 Å². The normalized spacial score (nSPS) is 11.1. The van der Waals surface area contributed by atoms with Crippen LogP contribution in [-0.2, 0) is 0 Å². The van der Waals surface area contributed by atoms with Crippen molar-refractivity contribution in [2.75, 3.05) is 11.5 Å². The summed E-state index contributed by atoms with van der Waals surface area (Å²) in [6.07, 6.45) is 1.76. The van der Waals surface area contributed by atoms with Gasteiger partial charge in [0.15, 0.2) is 17.4 Å². The number of aryl methyl sites for hydroxylation is 1. The highest BCUT2D eigenvalue weighted by Gasteiger charge is 2.21. The number of fused-ring (bicyclic) bond motifs is 1. The third kappa shape index (κ3) is 2.46. The molecule has 0 radical (unpaired) electrons. The van der Waals surface area contributed by atoms with Crippen molar-refractivity contribution in [3.63, 3.8) is 0 Å². The number of nitrogens with zero attached hydrogens (tertiary/aromatic N) is 4. The maximum atomic E-state index is 5.90. The average molecular weight is 332 g/mol. The van der Waals surface area contributed by atoms with Crippen molar-refractivity contribution in [2.45, 2.75) is 13.8 Å². The Bertz CT molecular complexity index is 1100. The van der Waals surface area contributed by atoms with Gasteiger partial charge in [-0.1, -0.05) is 17.3 Å². The van der Waals surface area contributed by atoms with Gasteiger partial charge in [0.25, 0.3) is 0 Å². The number of hydrogen-bond acceptors (Lipinski definition) is 7. The Kier molecular flexibility index (Phi) is 3.35. The van der Waals surface area contributed by atoms with Crippen LogP contribution in [0.3, 0.4) is 0 Å². The van der Waals surface area contributed by atoms with E-state index in [-0.39, 0.29) is 11.6 Å². The highest BCUT2D eigenvalue weighted by molar-refractivity contribution is 5.87. The summed E-state index contributed by atoms with van der Waals surface area (Å²) in [6, 6.07) is 9.73. The Balaban J connectivity index is 1.99. The summed E-state index contributed by atoms with van der Waals surface area (Å²) >= 11 is 0. The molecule has 0 aliphatic heterocycles. The maximum absolute atomic E-state index is 5.90. The molecule has 3 aromatic heterocycles. The average Bonchev–Trinajstić information content (AvgIpc) is 2.95. The maximum Gasteiger partial charge on any atom is 0.190 e. The fraction of sp³-hybridized carbons (Fsp3) is 0.111. The second-order valence-corrected chi connectivity index (χ2v) is 5.82. The van der Waals surface area contributed by atoms with E-state index in [1.807, 2.05) is 44.2 Å². The Morgan fingerprint density at radius 3 is 2.44 bits per heavy atom. The fourth-order valence-electron chi connectivity index (χ4n) is 2.68. The molecule has 0 aliphatic rings. The van der Waals surface area contributed by atoms with Gasteiger partial charge in [-0.25, -0.2) is 9.97 Å². The second-order valence-electron chi connectivity index (χ2n) is 5.82. The quantitative estimate of drug-likeness (QED) is 0.579. The number of benzene rings is 1. The lowest BCUT2D eigenvalue weighted by atomic mass is 10.0. The summed E-state index contributed by atoms with van der Waals surface area (Å²) in [5.74, 6) is 0.881. The molecular weight excluding hydrogens is 316 g/mol. The van der Waals surface area contributed by atoms with E-state index in [2.05, 4.69) is 20.1 Å². The van der Waals surface area contributed by atoms with Crippen molar-refractivity contribution < 1.29 is 4.52 Å². The molecule has 4 N–H and O–H groups in total. The summed E-state index contributed by atoms with van der Waals surface area (Å²) < 4.78 is 5.46. The highest BCUT2D eigenvalue weighted by atomic mass is 16.5. The lowest BCUT2D eigenvalue weighted by Crippen LogP contribution is -2.05. The van der Waals surface area contributed by atoms with Gasteiger partial charge in [0, 0.05) is 22.7 Å². The standard InChI is InChI=1S/C18H16N6O/c1-9-10(2)24-25-16(9)15-14(22-17(19)18(20)23-15)12-5-6-13-11(8-12)4-3-7-21-13/h3-8H,1-2H3,(H2,19,22)(H2,20,23). The largest absolute Gasteiger partial charge is 0.381 e. The van der Waals surface area contributed by atoms with Gasteiger partial charge in [0.1, 0.15) is 11.4 Å². The number of nitrogens with two attached hydrogens (primary N) is 2. The highest BCUT2D eigenvalue weighted by Crippen LogP contribution is 2.34. The van der Waals surface area contributed by atoms with Crippen molar-refractivity contribution in [1.82, 2.24) is 20.1 Å². The predicted octanol–water partition coefficient (Wildman–Crippen LogP) is 3.13. The van der Waals surface area contributed by atoms with Crippen LogP contribution >= 0.6 is 0 Å². The van der Waals surface area contributed by atoms with Crippen LogP contribution in [0, 0.1) is 13.8 Å². The van der Waals surface area contributed by atoms with E-state index in [1.165, 1.54) is 0 Å². The van der Waals surface area contributed by atoms with E-state index in [1.54, 1.807) is 6.20 Å². The molecule has 4 aromatic rings. The minimum atomic E-state index is 0.162. The van der Waals surface area contributed by atoms with Crippen LogP contribution in [0.15, 0.2) is 41.1 Å². The van der Waals surface area contributed by atoms with Crippen LogP contribution in [-0.4, -0.2) is 20.1 Å². The lowest BCUT2D eigenvalue weighted by Gasteiger charge is -2.10. The van der Waals surface area contributed by atoms with Crippen molar-refractivity contribution in [3.8, 4) is 22.7 Å². The monoisotopic (exact) mass is 332 g/mol. The molecule has 4 rings (SSSR count). The predicted molar refractivity (Wildman–Crippen MR) is 96.6 cm³/mol. The number of hydrogen-bond donors (Lipinski definition) is 2. The van der Waals surface area contributed by atoms with Gasteiger partial charge in [0.05, 0.1) is 11.2 Å². The first kappa shape index (κ1) is 15.1. The van der Waals surface area contributed by atoms with Crippen LogP contribution in [0.5, 0.6) is 0 Å². The Hall–Kier alpha value is -3.48. The molecule has 0 atom stereocenters. The van der Waals surface area contributed by atoms with E-state index in [0.717, 1.165) is 27.7 Å². The van der Waals surface area contributed by atoms with Gasteiger partial charge in [-0.05, 0) is 32.0 Å². The molecule has 0 saturated heterocycles. The zero-order valence-corrected chi connectivity index (χ0v) is 13.8. The molecular formula is C18H16N6O.